The van der Waals surface area contributed by atoms with E-state index in [2.05, 4.69) is 17.4 Å². The van der Waals surface area contributed by atoms with Crippen LogP contribution in [0, 0.1) is 20.8 Å². The van der Waals surface area contributed by atoms with Gasteiger partial charge in [-0.25, -0.2) is 0 Å². The van der Waals surface area contributed by atoms with E-state index < -0.39 is 0 Å². The number of rotatable bonds is 4. The first kappa shape index (κ1) is 13.6. The molecule has 0 heterocycles. The number of thiocarbonyl (C=S) groups is 1. The highest BCUT2D eigenvalue weighted by atomic mass is 32.1. The quantitative estimate of drug-likeness (QED) is 0.808. The molecule has 17 heavy (non-hydrogen) atoms. The van der Waals surface area contributed by atoms with Crippen LogP contribution in [0.4, 0.5) is 5.69 Å². The molecule has 3 N–H and O–H groups in total. The predicted octanol–water partition coefficient (Wildman–Crippen LogP) is 2.62. The second-order valence-corrected chi connectivity index (χ2v) is 4.81. The molecule has 0 saturated carbocycles. The van der Waals surface area contributed by atoms with Gasteiger partial charge in [0.2, 0.25) is 5.91 Å². The number of carbonyl (C=O) groups is 1. The third-order valence-electron chi connectivity index (χ3n) is 2.54. The topological polar surface area (TPSA) is 55.1 Å². The maximum atomic E-state index is 11.7. The van der Waals surface area contributed by atoms with Crippen molar-refractivity contribution in [3.63, 3.8) is 0 Å². The van der Waals surface area contributed by atoms with E-state index in [0.717, 1.165) is 16.8 Å². The van der Waals surface area contributed by atoms with E-state index >= 15 is 0 Å². The summed E-state index contributed by atoms with van der Waals surface area (Å²) in [7, 11) is 0. The Morgan fingerprint density at radius 3 is 2.24 bits per heavy atom. The summed E-state index contributed by atoms with van der Waals surface area (Å²) >= 11 is 4.74. The van der Waals surface area contributed by atoms with Crippen LogP contribution in [-0.4, -0.2) is 10.9 Å². The summed E-state index contributed by atoms with van der Waals surface area (Å²) < 4.78 is 0. The number of hydrogen-bond acceptors (Lipinski definition) is 2. The van der Waals surface area contributed by atoms with Crippen LogP contribution in [0.5, 0.6) is 0 Å². The van der Waals surface area contributed by atoms with Crippen LogP contribution in [0.1, 0.15) is 29.5 Å². The first-order chi connectivity index (χ1) is 7.90. The Hall–Kier alpha value is -1.42. The zero-order chi connectivity index (χ0) is 13.0. The van der Waals surface area contributed by atoms with E-state index in [9.17, 15) is 4.79 Å². The standard InChI is InChI=1S/C13H18N2OS/c1-8-6-9(2)13(10(3)7-8)15-12(16)5-4-11(14)17/h6-7H,4-5H2,1-3H3,(H2,14,17)(H,15,16). The van der Waals surface area contributed by atoms with Crippen molar-refractivity contribution < 1.29 is 4.79 Å². The average molecular weight is 250 g/mol. The van der Waals surface area contributed by atoms with Gasteiger partial charge in [0.05, 0.1) is 4.99 Å². The molecule has 0 unspecified atom stereocenters. The molecule has 0 saturated heterocycles. The number of nitrogens with one attached hydrogen (secondary N) is 1. The van der Waals surface area contributed by atoms with Crippen molar-refractivity contribution in [1.82, 2.24) is 0 Å². The number of hydrogen-bond donors (Lipinski definition) is 2. The van der Waals surface area contributed by atoms with Gasteiger partial charge in [-0.3, -0.25) is 4.79 Å². The van der Waals surface area contributed by atoms with Crippen molar-refractivity contribution in [2.45, 2.75) is 33.6 Å². The monoisotopic (exact) mass is 250 g/mol. The van der Waals surface area contributed by atoms with Crippen molar-refractivity contribution >= 4 is 28.8 Å². The normalized spacial score (nSPS) is 10.1. The highest BCUT2D eigenvalue weighted by molar-refractivity contribution is 7.80. The number of carbonyl (C=O) groups excluding carboxylic acids is 1. The SMILES string of the molecule is Cc1cc(C)c(NC(=O)CCC(N)=S)c(C)c1. The lowest BCUT2D eigenvalue weighted by atomic mass is 10.0. The number of anilines is 1. The van der Waals surface area contributed by atoms with Gasteiger partial charge in [0.15, 0.2) is 0 Å². The number of amides is 1. The molecule has 1 aromatic carbocycles. The van der Waals surface area contributed by atoms with Gasteiger partial charge in [-0.15, -0.1) is 0 Å². The van der Waals surface area contributed by atoms with E-state index in [4.69, 9.17) is 18.0 Å². The Morgan fingerprint density at radius 2 is 1.76 bits per heavy atom. The highest BCUT2D eigenvalue weighted by Gasteiger charge is 2.08. The van der Waals surface area contributed by atoms with Crippen LogP contribution in [0.15, 0.2) is 12.1 Å². The van der Waals surface area contributed by atoms with Crippen molar-refractivity contribution in [3.8, 4) is 0 Å². The zero-order valence-corrected chi connectivity index (χ0v) is 11.3. The van der Waals surface area contributed by atoms with Gasteiger partial charge in [-0.05, 0) is 31.9 Å². The van der Waals surface area contributed by atoms with Crippen molar-refractivity contribution in [2.24, 2.45) is 5.73 Å². The van der Waals surface area contributed by atoms with Gasteiger partial charge in [-0.2, -0.15) is 0 Å². The van der Waals surface area contributed by atoms with Gasteiger partial charge in [-0.1, -0.05) is 29.9 Å². The maximum absolute atomic E-state index is 11.7. The maximum Gasteiger partial charge on any atom is 0.224 e. The molecule has 0 bridgehead atoms. The lowest BCUT2D eigenvalue weighted by Crippen LogP contribution is -2.17. The number of nitrogens with two attached hydrogens (primary N) is 1. The molecule has 0 radical (unpaired) electrons. The average Bonchev–Trinajstić information content (AvgIpc) is 2.20. The molecule has 3 nitrogen and oxygen atoms in total. The fraction of sp³-hybridized carbons (Fsp3) is 0.385. The Kier molecular flexibility index (Phi) is 4.63. The molecule has 1 rings (SSSR count). The fourth-order valence-electron chi connectivity index (χ4n) is 1.82. The van der Waals surface area contributed by atoms with Crippen LogP contribution in [0.3, 0.4) is 0 Å². The van der Waals surface area contributed by atoms with Crippen LogP contribution in [0.2, 0.25) is 0 Å². The Bertz CT molecular complexity index is 432. The van der Waals surface area contributed by atoms with E-state index in [1.165, 1.54) is 5.56 Å². The second-order valence-electron chi connectivity index (χ2n) is 4.29. The lowest BCUT2D eigenvalue weighted by Gasteiger charge is -2.12. The van der Waals surface area contributed by atoms with Gasteiger partial charge in [0.25, 0.3) is 0 Å². The summed E-state index contributed by atoms with van der Waals surface area (Å²) in [6.45, 7) is 6.02. The summed E-state index contributed by atoms with van der Waals surface area (Å²) in [5.41, 5.74) is 9.60. The summed E-state index contributed by atoms with van der Waals surface area (Å²) in [5.74, 6) is -0.0483. The van der Waals surface area contributed by atoms with Crippen LogP contribution >= 0.6 is 12.2 Å². The summed E-state index contributed by atoms with van der Waals surface area (Å²) in [6, 6.07) is 4.10. The molecule has 92 valence electrons. The number of benzene rings is 1. The summed E-state index contributed by atoms with van der Waals surface area (Å²) in [5, 5.41) is 2.91. The van der Waals surface area contributed by atoms with E-state index in [1.54, 1.807) is 0 Å². The van der Waals surface area contributed by atoms with Crippen LogP contribution in [0.25, 0.3) is 0 Å². The minimum atomic E-state index is -0.0483. The Labute approximate surface area is 107 Å². The third-order valence-corrected chi connectivity index (χ3v) is 2.74. The van der Waals surface area contributed by atoms with E-state index in [1.807, 2.05) is 20.8 Å². The highest BCUT2D eigenvalue weighted by Crippen LogP contribution is 2.22. The molecule has 4 heteroatoms. The summed E-state index contributed by atoms with van der Waals surface area (Å²) in [6.07, 6.45) is 0.785. The molecule has 0 atom stereocenters. The molecule has 0 aliphatic carbocycles. The molecular weight excluding hydrogens is 232 g/mol. The largest absolute Gasteiger partial charge is 0.393 e. The van der Waals surface area contributed by atoms with Gasteiger partial charge in [0.1, 0.15) is 0 Å². The second kappa shape index (κ2) is 5.77. The third kappa shape index (κ3) is 4.15. The Balaban J connectivity index is 2.75. The number of aryl methyl sites for hydroxylation is 3. The van der Waals surface area contributed by atoms with Crippen LogP contribution in [-0.2, 0) is 4.79 Å². The first-order valence-electron chi connectivity index (χ1n) is 5.56. The zero-order valence-electron chi connectivity index (χ0n) is 10.5. The minimum absolute atomic E-state index is 0.0483. The van der Waals surface area contributed by atoms with Gasteiger partial charge >= 0.3 is 0 Å². The summed E-state index contributed by atoms with van der Waals surface area (Å²) in [4.78, 5) is 12.1. The molecule has 0 aromatic heterocycles. The van der Waals surface area contributed by atoms with E-state index in [0.29, 0.717) is 17.8 Å². The van der Waals surface area contributed by atoms with Crippen molar-refractivity contribution in [2.75, 3.05) is 5.32 Å². The van der Waals surface area contributed by atoms with Crippen LogP contribution < -0.4 is 11.1 Å². The molecule has 0 aliphatic heterocycles. The minimum Gasteiger partial charge on any atom is -0.393 e. The molecule has 1 amide bonds. The van der Waals surface area contributed by atoms with Crippen molar-refractivity contribution in [3.05, 3.63) is 28.8 Å². The van der Waals surface area contributed by atoms with Gasteiger partial charge < -0.3 is 11.1 Å². The first-order valence-corrected chi connectivity index (χ1v) is 5.97. The van der Waals surface area contributed by atoms with E-state index in [-0.39, 0.29) is 5.91 Å². The van der Waals surface area contributed by atoms with Gasteiger partial charge in [0, 0.05) is 18.5 Å². The Morgan fingerprint density at radius 1 is 1.24 bits per heavy atom. The molecular formula is C13H18N2OS. The molecule has 0 spiro atoms. The smallest absolute Gasteiger partial charge is 0.224 e. The fourth-order valence-corrected chi connectivity index (χ4v) is 1.92. The van der Waals surface area contributed by atoms with Crippen molar-refractivity contribution in [1.29, 1.82) is 0 Å². The molecule has 0 fully saturated rings. The lowest BCUT2D eigenvalue weighted by molar-refractivity contribution is -0.116. The molecule has 0 aliphatic rings. The molecule has 1 aromatic rings. The predicted molar refractivity (Wildman–Crippen MR) is 75.3 cm³/mol.